The summed E-state index contributed by atoms with van der Waals surface area (Å²) in [4.78, 5) is 21.6. The van der Waals surface area contributed by atoms with Crippen LogP contribution in [0, 0.1) is 5.92 Å². The molecular weight excluding hydrogens is 188 g/mol. The molecule has 1 rings (SSSR count). The first-order valence-electron chi connectivity index (χ1n) is 4.02. The van der Waals surface area contributed by atoms with Crippen LogP contribution in [0.25, 0.3) is 0 Å². The summed E-state index contributed by atoms with van der Waals surface area (Å²) >= 11 is 0. The Morgan fingerprint density at radius 2 is 2.43 bits per heavy atom. The fraction of sp³-hybridized carbons (Fsp3) is 0.375. The van der Waals surface area contributed by atoms with E-state index in [1.54, 1.807) is 0 Å². The summed E-state index contributed by atoms with van der Waals surface area (Å²) in [7, 11) is 0. The monoisotopic (exact) mass is 198 g/mol. The molecule has 6 nitrogen and oxygen atoms in total. The molecule has 0 aliphatic heterocycles. The predicted octanol–water partition coefficient (Wildman–Crippen LogP) is 0.125. The fourth-order valence-electron chi connectivity index (χ4n) is 0.753. The van der Waals surface area contributed by atoms with Gasteiger partial charge in [0.15, 0.2) is 5.69 Å². The van der Waals surface area contributed by atoms with Crippen molar-refractivity contribution in [2.75, 3.05) is 6.54 Å². The van der Waals surface area contributed by atoms with Gasteiger partial charge in [0, 0.05) is 12.6 Å². The number of nitrogens with zero attached hydrogens (tertiary/aromatic N) is 1. The van der Waals surface area contributed by atoms with Gasteiger partial charge in [-0.05, 0) is 0 Å². The lowest BCUT2D eigenvalue weighted by Crippen LogP contribution is -2.31. The van der Waals surface area contributed by atoms with Crippen molar-refractivity contribution in [3.63, 3.8) is 0 Å². The molecule has 1 aromatic rings. The van der Waals surface area contributed by atoms with Crippen LogP contribution in [0.5, 0.6) is 0 Å². The molecule has 0 radical (unpaired) electrons. The number of carboxylic acid groups (broad SMARTS) is 1. The van der Waals surface area contributed by atoms with E-state index in [4.69, 9.17) is 5.11 Å². The Morgan fingerprint density at radius 3 is 2.93 bits per heavy atom. The summed E-state index contributed by atoms with van der Waals surface area (Å²) in [5.74, 6) is -2.01. The highest BCUT2D eigenvalue weighted by Gasteiger charge is 2.14. The number of aliphatic carboxylic acids is 1. The van der Waals surface area contributed by atoms with Gasteiger partial charge in [0.05, 0.1) is 5.92 Å². The third-order valence-electron chi connectivity index (χ3n) is 1.66. The molecule has 14 heavy (non-hydrogen) atoms. The highest BCUT2D eigenvalue weighted by atomic mass is 16.5. The van der Waals surface area contributed by atoms with E-state index < -0.39 is 17.8 Å². The Balaban J connectivity index is 2.40. The quantitative estimate of drug-likeness (QED) is 0.717. The number of carbonyl (C=O) groups is 2. The van der Waals surface area contributed by atoms with Crippen LogP contribution in [0.15, 0.2) is 16.9 Å². The molecule has 0 aliphatic carbocycles. The van der Waals surface area contributed by atoms with Crippen LogP contribution >= 0.6 is 0 Å². The van der Waals surface area contributed by atoms with Gasteiger partial charge in [0.1, 0.15) is 6.26 Å². The summed E-state index contributed by atoms with van der Waals surface area (Å²) in [6.45, 7) is 1.58. The van der Waals surface area contributed by atoms with Gasteiger partial charge in [-0.3, -0.25) is 9.59 Å². The second-order valence-corrected chi connectivity index (χ2v) is 2.83. The number of hydrogen-bond acceptors (Lipinski definition) is 4. The maximum absolute atomic E-state index is 11.2. The van der Waals surface area contributed by atoms with Crippen molar-refractivity contribution in [3.05, 3.63) is 18.0 Å². The lowest BCUT2D eigenvalue weighted by molar-refractivity contribution is -0.140. The van der Waals surface area contributed by atoms with E-state index in [9.17, 15) is 9.59 Å². The molecule has 1 amide bonds. The molecule has 1 heterocycles. The lowest BCUT2D eigenvalue weighted by atomic mass is 10.2. The molecule has 0 bridgehead atoms. The zero-order valence-corrected chi connectivity index (χ0v) is 7.56. The number of carbonyl (C=O) groups excluding carboxylic acids is 1. The van der Waals surface area contributed by atoms with E-state index in [1.807, 2.05) is 0 Å². The summed E-state index contributed by atoms with van der Waals surface area (Å²) in [6, 6.07) is 1.40. The summed E-state index contributed by atoms with van der Waals surface area (Å²) < 4.78 is 4.46. The normalized spacial score (nSPS) is 12.1. The van der Waals surface area contributed by atoms with Crippen LogP contribution in [-0.2, 0) is 4.79 Å². The highest BCUT2D eigenvalue weighted by Crippen LogP contribution is 1.96. The summed E-state index contributed by atoms with van der Waals surface area (Å²) in [6.07, 6.45) is 1.27. The van der Waals surface area contributed by atoms with Crippen LogP contribution < -0.4 is 5.32 Å². The maximum Gasteiger partial charge on any atom is 0.308 e. The minimum Gasteiger partial charge on any atom is -0.481 e. The zero-order chi connectivity index (χ0) is 10.6. The van der Waals surface area contributed by atoms with Crippen LogP contribution in [0.3, 0.4) is 0 Å². The lowest BCUT2D eigenvalue weighted by Gasteiger charge is -2.06. The number of amides is 1. The van der Waals surface area contributed by atoms with Crippen molar-refractivity contribution < 1.29 is 19.2 Å². The second-order valence-electron chi connectivity index (χ2n) is 2.83. The summed E-state index contributed by atoms with van der Waals surface area (Å²) in [5, 5.41) is 14.4. The molecule has 1 unspecified atom stereocenters. The third-order valence-corrected chi connectivity index (χ3v) is 1.66. The number of aromatic nitrogens is 1. The molecule has 2 N–H and O–H groups in total. The summed E-state index contributed by atoms with van der Waals surface area (Å²) in [5.41, 5.74) is 0.141. The fourth-order valence-corrected chi connectivity index (χ4v) is 0.753. The van der Waals surface area contributed by atoms with Crippen LogP contribution in [0.1, 0.15) is 17.4 Å². The van der Waals surface area contributed by atoms with Gasteiger partial charge >= 0.3 is 5.97 Å². The highest BCUT2D eigenvalue weighted by molar-refractivity contribution is 5.92. The van der Waals surface area contributed by atoms with Crippen molar-refractivity contribution in [2.24, 2.45) is 5.92 Å². The molecule has 1 aromatic heterocycles. The molecule has 0 saturated carbocycles. The van der Waals surface area contributed by atoms with E-state index in [2.05, 4.69) is 15.0 Å². The van der Waals surface area contributed by atoms with E-state index in [1.165, 1.54) is 19.3 Å². The Hall–Kier alpha value is -1.85. The maximum atomic E-state index is 11.2. The minimum atomic E-state index is -0.953. The molecule has 1 atom stereocenters. The van der Waals surface area contributed by atoms with Gasteiger partial charge in [-0.15, -0.1) is 0 Å². The molecule has 76 valence electrons. The molecular formula is C8H10N2O4. The van der Waals surface area contributed by atoms with Gasteiger partial charge < -0.3 is 14.9 Å². The minimum absolute atomic E-state index is 0.0705. The molecule has 0 aromatic carbocycles. The first kappa shape index (κ1) is 10.2. The molecule has 0 saturated heterocycles. The first-order valence-corrected chi connectivity index (χ1v) is 4.02. The van der Waals surface area contributed by atoms with Gasteiger partial charge in [-0.2, -0.15) is 0 Å². The molecule has 0 aliphatic rings. The average Bonchev–Trinajstić information content (AvgIpc) is 2.66. The van der Waals surface area contributed by atoms with Crippen molar-refractivity contribution >= 4 is 11.9 Å². The standard InChI is InChI=1S/C8H10N2O4/c1-5(8(12)13)4-9-7(11)6-2-3-14-10-6/h2-3,5H,4H2,1H3,(H,9,11)(H,12,13). The SMILES string of the molecule is CC(CNC(=O)c1ccon1)C(=O)O. The van der Waals surface area contributed by atoms with E-state index in [0.717, 1.165) is 0 Å². The van der Waals surface area contributed by atoms with Gasteiger partial charge in [0.2, 0.25) is 0 Å². The molecule has 6 heteroatoms. The van der Waals surface area contributed by atoms with Crippen molar-refractivity contribution in [1.82, 2.24) is 10.5 Å². The number of hydrogen-bond donors (Lipinski definition) is 2. The third kappa shape index (κ3) is 2.58. The number of rotatable bonds is 4. The smallest absolute Gasteiger partial charge is 0.308 e. The van der Waals surface area contributed by atoms with Gasteiger partial charge in [0.25, 0.3) is 5.91 Å². The topological polar surface area (TPSA) is 92.4 Å². The second kappa shape index (κ2) is 4.40. The van der Waals surface area contributed by atoms with E-state index in [-0.39, 0.29) is 12.2 Å². The van der Waals surface area contributed by atoms with Gasteiger partial charge in [-0.25, -0.2) is 0 Å². The van der Waals surface area contributed by atoms with Crippen LogP contribution in [0.2, 0.25) is 0 Å². The Morgan fingerprint density at radius 1 is 1.71 bits per heavy atom. The van der Waals surface area contributed by atoms with E-state index in [0.29, 0.717) is 0 Å². The van der Waals surface area contributed by atoms with Crippen molar-refractivity contribution in [3.8, 4) is 0 Å². The van der Waals surface area contributed by atoms with Gasteiger partial charge in [-0.1, -0.05) is 12.1 Å². The Labute approximate surface area is 79.9 Å². The number of carboxylic acids is 1. The predicted molar refractivity (Wildman–Crippen MR) is 45.6 cm³/mol. The Kier molecular flexibility index (Phi) is 3.22. The average molecular weight is 198 g/mol. The van der Waals surface area contributed by atoms with Crippen LogP contribution in [0.4, 0.5) is 0 Å². The molecule has 0 spiro atoms. The zero-order valence-electron chi connectivity index (χ0n) is 7.56. The first-order chi connectivity index (χ1) is 6.61. The van der Waals surface area contributed by atoms with Crippen LogP contribution in [-0.4, -0.2) is 28.7 Å². The van der Waals surface area contributed by atoms with E-state index >= 15 is 0 Å². The number of nitrogens with one attached hydrogen (secondary N) is 1. The largest absolute Gasteiger partial charge is 0.481 e. The molecule has 0 fully saturated rings. The van der Waals surface area contributed by atoms with Crippen molar-refractivity contribution in [2.45, 2.75) is 6.92 Å². The van der Waals surface area contributed by atoms with Crippen molar-refractivity contribution in [1.29, 1.82) is 0 Å². The Bertz CT molecular complexity index is 320.